The summed E-state index contributed by atoms with van der Waals surface area (Å²) in [5.74, 6) is 0.216. The highest BCUT2D eigenvalue weighted by Crippen LogP contribution is 2.52. The molecule has 0 radical (unpaired) electrons. The summed E-state index contributed by atoms with van der Waals surface area (Å²) in [4.78, 5) is 39.1. The SMILES string of the molecule is CCC(C)(C)C1CCC(NC(=O)CN2C(=O)C3C4C=CC(C4)C3C2=O)CC1. The third-order valence-electron chi connectivity index (χ3n) is 7.97. The molecule has 0 aromatic heterocycles. The number of carbonyl (C=O) groups excluding carboxylic acids is 3. The minimum absolute atomic E-state index is 0.107. The molecule has 0 aromatic carbocycles. The number of nitrogens with zero attached hydrogens (tertiary/aromatic N) is 1. The summed E-state index contributed by atoms with van der Waals surface area (Å²) in [6, 6.07) is 0.173. The van der Waals surface area contributed by atoms with E-state index >= 15 is 0 Å². The number of fused-ring (bicyclic) bond motifs is 5. The fraction of sp³-hybridized carbons (Fsp3) is 0.773. The Kier molecular flexibility index (Phi) is 4.68. The van der Waals surface area contributed by atoms with Gasteiger partial charge in [-0.25, -0.2) is 0 Å². The second-order valence-electron chi connectivity index (χ2n) is 9.72. The fourth-order valence-electron chi connectivity index (χ4n) is 5.84. The van der Waals surface area contributed by atoms with Crippen LogP contribution < -0.4 is 5.32 Å². The lowest BCUT2D eigenvalue weighted by molar-refractivity contribution is -0.144. The number of allylic oxidation sites excluding steroid dienone is 2. The molecule has 5 nitrogen and oxygen atoms in total. The first kappa shape index (κ1) is 18.7. The smallest absolute Gasteiger partial charge is 0.240 e. The molecule has 3 fully saturated rings. The topological polar surface area (TPSA) is 66.5 Å². The van der Waals surface area contributed by atoms with Crippen molar-refractivity contribution in [3.05, 3.63) is 12.2 Å². The van der Waals surface area contributed by atoms with Gasteiger partial charge in [0.05, 0.1) is 11.8 Å². The molecule has 3 aliphatic carbocycles. The van der Waals surface area contributed by atoms with E-state index in [1.165, 1.54) is 11.3 Å². The van der Waals surface area contributed by atoms with Crippen LogP contribution in [0.2, 0.25) is 0 Å². The van der Waals surface area contributed by atoms with Crippen molar-refractivity contribution in [2.24, 2.45) is 35.0 Å². The minimum Gasteiger partial charge on any atom is -0.352 e. The van der Waals surface area contributed by atoms with Crippen LogP contribution in [0.15, 0.2) is 12.2 Å². The number of hydrogen-bond acceptors (Lipinski definition) is 3. The van der Waals surface area contributed by atoms with Crippen molar-refractivity contribution >= 4 is 17.7 Å². The number of rotatable bonds is 5. The Balaban J connectivity index is 1.30. The highest BCUT2D eigenvalue weighted by atomic mass is 16.2. The first-order valence-corrected chi connectivity index (χ1v) is 10.6. The van der Waals surface area contributed by atoms with Crippen molar-refractivity contribution in [2.75, 3.05) is 6.54 Å². The van der Waals surface area contributed by atoms with Crippen molar-refractivity contribution in [1.82, 2.24) is 10.2 Å². The van der Waals surface area contributed by atoms with E-state index in [4.69, 9.17) is 0 Å². The van der Waals surface area contributed by atoms with E-state index in [0.717, 1.165) is 32.1 Å². The molecule has 4 unspecified atom stereocenters. The zero-order valence-electron chi connectivity index (χ0n) is 16.7. The van der Waals surface area contributed by atoms with Gasteiger partial charge < -0.3 is 5.32 Å². The van der Waals surface area contributed by atoms with Gasteiger partial charge in [-0.15, -0.1) is 0 Å². The maximum atomic E-state index is 12.7. The molecule has 2 saturated carbocycles. The van der Waals surface area contributed by atoms with Gasteiger partial charge in [0.25, 0.3) is 0 Å². The van der Waals surface area contributed by atoms with Gasteiger partial charge in [-0.2, -0.15) is 0 Å². The van der Waals surface area contributed by atoms with Crippen LogP contribution >= 0.6 is 0 Å². The summed E-state index contributed by atoms with van der Waals surface area (Å²) in [5.41, 5.74) is 0.356. The minimum atomic E-state index is -0.216. The Morgan fingerprint density at radius 3 is 2.15 bits per heavy atom. The molecule has 1 heterocycles. The van der Waals surface area contributed by atoms with Crippen molar-refractivity contribution in [3.63, 3.8) is 0 Å². The van der Waals surface area contributed by atoms with Crippen molar-refractivity contribution < 1.29 is 14.4 Å². The van der Waals surface area contributed by atoms with Gasteiger partial charge in [-0.1, -0.05) is 39.3 Å². The summed E-state index contributed by atoms with van der Waals surface area (Å²) in [5, 5.41) is 3.08. The predicted octanol–water partition coefficient (Wildman–Crippen LogP) is 2.90. The Morgan fingerprint density at radius 2 is 1.63 bits per heavy atom. The van der Waals surface area contributed by atoms with Gasteiger partial charge in [-0.05, 0) is 55.3 Å². The zero-order valence-corrected chi connectivity index (χ0v) is 16.7. The van der Waals surface area contributed by atoms with Crippen molar-refractivity contribution in [2.45, 2.75) is 65.3 Å². The number of nitrogens with one attached hydrogen (secondary N) is 1. The third kappa shape index (κ3) is 3.13. The van der Waals surface area contributed by atoms with E-state index in [9.17, 15) is 14.4 Å². The molecule has 1 N–H and O–H groups in total. The molecule has 0 aromatic rings. The average Bonchev–Trinajstić information content (AvgIpc) is 3.32. The van der Waals surface area contributed by atoms with Crippen LogP contribution in [-0.4, -0.2) is 35.2 Å². The molecule has 4 rings (SSSR count). The number of carbonyl (C=O) groups is 3. The van der Waals surface area contributed by atoms with E-state index in [1.807, 2.05) is 0 Å². The Labute approximate surface area is 161 Å². The van der Waals surface area contributed by atoms with Crippen LogP contribution in [-0.2, 0) is 14.4 Å². The van der Waals surface area contributed by atoms with E-state index in [0.29, 0.717) is 11.3 Å². The molecule has 148 valence electrons. The number of imide groups is 1. The standard InChI is InChI=1S/C22H32N2O3/c1-4-22(2,3)15-7-9-16(10-8-15)23-17(25)12-24-20(26)18-13-5-6-14(11-13)19(18)21(24)27/h5-6,13-16,18-19H,4,7-12H2,1-3H3,(H,23,25). The molecule has 4 aliphatic rings. The lowest BCUT2D eigenvalue weighted by Gasteiger charge is -2.39. The van der Waals surface area contributed by atoms with E-state index in [-0.39, 0.29) is 54.0 Å². The highest BCUT2D eigenvalue weighted by molar-refractivity contribution is 6.08. The van der Waals surface area contributed by atoms with Crippen LogP contribution in [0, 0.1) is 35.0 Å². The summed E-state index contributed by atoms with van der Waals surface area (Å²) < 4.78 is 0. The van der Waals surface area contributed by atoms with E-state index in [1.54, 1.807) is 0 Å². The monoisotopic (exact) mass is 372 g/mol. The molecule has 2 bridgehead atoms. The first-order chi connectivity index (χ1) is 12.8. The average molecular weight is 373 g/mol. The van der Waals surface area contributed by atoms with Crippen molar-refractivity contribution in [3.8, 4) is 0 Å². The Hall–Kier alpha value is -1.65. The lowest BCUT2D eigenvalue weighted by Crippen LogP contribution is -2.46. The third-order valence-corrected chi connectivity index (χ3v) is 7.97. The van der Waals surface area contributed by atoms with Crippen LogP contribution in [0.5, 0.6) is 0 Å². The predicted molar refractivity (Wildman–Crippen MR) is 102 cm³/mol. The summed E-state index contributed by atoms with van der Waals surface area (Å²) in [7, 11) is 0. The maximum Gasteiger partial charge on any atom is 0.240 e. The van der Waals surface area contributed by atoms with Gasteiger partial charge in [0, 0.05) is 6.04 Å². The Bertz CT molecular complexity index is 645. The lowest BCUT2D eigenvalue weighted by atomic mass is 9.69. The molecular formula is C22H32N2O3. The van der Waals surface area contributed by atoms with Crippen LogP contribution in [0.4, 0.5) is 0 Å². The summed E-state index contributed by atoms with van der Waals surface area (Å²) >= 11 is 0. The molecule has 3 amide bonds. The van der Waals surface area contributed by atoms with E-state index < -0.39 is 0 Å². The van der Waals surface area contributed by atoms with Crippen LogP contribution in [0.1, 0.15) is 59.3 Å². The van der Waals surface area contributed by atoms with Gasteiger partial charge in [-0.3, -0.25) is 19.3 Å². The molecule has 1 saturated heterocycles. The van der Waals surface area contributed by atoms with Crippen LogP contribution in [0.3, 0.4) is 0 Å². The van der Waals surface area contributed by atoms with Gasteiger partial charge in [0.2, 0.25) is 17.7 Å². The Morgan fingerprint density at radius 1 is 1.07 bits per heavy atom. The molecular weight excluding hydrogens is 340 g/mol. The molecule has 0 spiro atoms. The number of amides is 3. The normalized spacial score (nSPS) is 37.8. The van der Waals surface area contributed by atoms with Gasteiger partial charge in [0.15, 0.2) is 0 Å². The second-order valence-corrected chi connectivity index (χ2v) is 9.72. The quantitative estimate of drug-likeness (QED) is 0.596. The zero-order chi connectivity index (χ0) is 19.3. The van der Waals surface area contributed by atoms with Gasteiger partial charge in [0.1, 0.15) is 6.54 Å². The molecule has 4 atom stereocenters. The second kappa shape index (κ2) is 6.75. The fourth-order valence-corrected chi connectivity index (χ4v) is 5.84. The molecule has 5 heteroatoms. The molecule has 27 heavy (non-hydrogen) atoms. The molecule has 1 aliphatic heterocycles. The van der Waals surface area contributed by atoms with Crippen molar-refractivity contribution in [1.29, 1.82) is 0 Å². The van der Waals surface area contributed by atoms with Crippen LogP contribution in [0.25, 0.3) is 0 Å². The van der Waals surface area contributed by atoms with Gasteiger partial charge >= 0.3 is 0 Å². The largest absolute Gasteiger partial charge is 0.352 e. The summed E-state index contributed by atoms with van der Waals surface area (Å²) in [6.07, 6.45) is 10.5. The summed E-state index contributed by atoms with van der Waals surface area (Å²) in [6.45, 7) is 6.81. The maximum absolute atomic E-state index is 12.7. The first-order valence-electron chi connectivity index (χ1n) is 10.6. The number of likely N-dealkylation sites (tertiary alicyclic amines) is 1. The highest BCUT2D eigenvalue weighted by Gasteiger charge is 2.59. The number of hydrogen-bond donors (Lipinski definition) is 1. The van der Waals surface area contributed by atoms with E-state index in [2.05, 4.69) is 38.2 Å².